The number of hydrogen-bond acceptors (Lipinski definition) is 5. The minimum atomic E-state index is -3.48. The predicted molar refractivity (Wildman–Crippen MR) is 118 cm³/mol. The van der Waals surface area contributed by atoms with Crippen molar-refractivity contribution >= 4 is 38.7 Å². The monoisotopic (exact) mass is 427 g/mol. The van der Waals surface area contributed by atoms with Gasteiger partial charge in [0.05, 0.1) is 24.2 Å². The summed E-state index contributed by atoms with van der Waals surface area (Å²) in [4.78, 5) is 13.3. The largest absolute Gasteiger partial charge is 0.271 e. The van der Waals surface area contributed by atoms with Gasteiger partial charge in [-0.05, 0) is 48.2 Å². The fourth-order valence-electron chi connectivity index (χ4n) is 2.67. The lowest BCUT2D eigenvalue weighted by atomic mass is 10.2. The SMILES string of the molecule is C/C(=N\NC(=O)c1ccc(N(Cc2ccccc2)S(C)(=O)=O)cc1)c1cccs1. The maximum atomic E-state index is 12.3. The van der Waals surface area contributed by atoms with E-state index in [1.807, 2.05) is 54.8 Å². The van der Waals surface area contributed by atoms with E-state index in [4.69, 9.17) is 0 Å². The normalized spacial score (nSPS) is 11.9. The maximum Gasteiger partial charge on any atom is 0.271 e. The molecule has 0 fully saturated rings. The molecule has 150 valence electrons. The lowest BCUT2D eigenvalue weighted by molar-refractivity contribution is 0.0955. The topological polar surface area (TPSA) is 78.8 Å². The second kappa shape index (κ2) is 9.02. The zero-order chi connectivity index (χ0) is 20.9. The average Bonchev–Trinajstić information content (AvgIpc) is 3.25. The third-order valence-electron chi connectivity index (χ3n) is 4.19. The molecule has 0 bridgehead atoms. The van der Waals surface area contributed by atoms with E-state index in [1.54, 1.807) is 35.6 Å². The average molecular weight is 428 g/mol. The molecule has 0 saturated heterocycles. The minimum Gasteiger partial charge on any atom is -0.267 e. The summed E-state index contributed by atoms with van der Waals surface area (Å²) in [6.07, 6.45) is 1.17. The number of rotatable bonds is 7. The Kier molecular flexibility index (Phi) is 6.46. The molecule has 0 spiro atoms. The molecule has 0 atom stereocenters. The van der Waals surface area contributed by atoms with E-state index in [1.165, 1.54) is 10.6 Å². The fourth-order valence-corrected chi connectivity index (χ4v) is 4.23. The number of sulfonamides is 1. The molecule has 1 aromatic heterocycles. The van der Waals surface area contributed by atoms with Crippen molar-refractivity contribution in [1.82, 2.24) is 5.43 Å². The maximum absolute atomic E-state index is 12.3. The first kappa shape index (κ1) is 20.8. The van der Waals surface area contributed by atoms with Gasteiger partial charge in [-0.25, -0.2) is 13.8 Å². The Bertz CT molecular complexity index is 1090. The third-order valence-corrected chi connectivity index (χ3v) is 6.31. The number of anilines is 1. The molecular weight excluding hydrogens is 406 g/mol. The highest BCUT2D eigenvalue weighted by Crippen LogP contribution is 2.21. The van der Waals surface area contributed by atoms with Gasteiger partial charge in [0.25, 0.3) is 5.91 Å². The quantitative estimate of drug-likeness (QED) is 0.459. The lowest BCUT2D eigenvalue weighted by Gasteiger charge is -2.22. The molecule has 2 aromatic carbocycles. The first-order valence-corrected chi connectivity index (χ1v) is 11.6. The first-order valence-electron chi connectivity index (χ1n) is 8.85. The molecule has 8 heteroatoms. The van der Waals surface area contributed by atoms with Gasteiger partial charge in [-0.15, -0.1) is 11.3 Å². The van der Waals surface area contributed by atoms with Gasteiger partial charge in [-0.1, -0.05) is 36.4 Å². The van der Waals surface area contributed by atoms with Gasteiger partial charge in [0.15, 0.2) is 0 Å². The van der Waals surface area contributed by atoms with Crippen molar-refractivity contribution in [2.24, 2.45) is 5.10 Å². The van der Waals surface area contributed by atoms with Gasteiger partial charge in [0, 0.05) is 10.4 Å². The van der Waals surface area contributed by atoms with E-state index < -0.39 is 10.0 Å². The molecule has 0 saturated carbocycles. The Hall–Kier alpha value is -2.97. The van der Waals surface area contributed by atoms with E-state index in [9.17, 15) is 13.2 Å². The van der Waals surface area contributed by atoms with Crippen LogP contribution in [0.2, 0.25) is 0 Å². The van der Waals surface area contributed by atoms with Crippen LogP contribution in [0.5, 0.6) is 0 Å². The summed E-state index contributed by atoms with van der Waals surface area (Å²) >= 11 is 1.54. The highest BCUT2D eigenvalue weighted by atomic mass is 32.2. The van der Waals surface area contributed by atoms with Crippen LogP contribution in [0.4, 0.5) is 5.69 Å². The second-order valence-corrected chi connectivity index (χ2v) is 9.27. The smallest absolute Gasteiger partial charge is 0.267 e. The van der Waals surface area contributed by atoms with Gasteiger partial charge < -0.3 is 0 Å². The summed E-state index contributed by atoms with van der Waals surface area (Å²) in [6, 6.07) is 19.6. The minimum absolute atomic E-state index is 0.218. The Balaban J connectivity index is 1.75. The predicted octanol–water partition coefficient (Wildman–Crippen LogP) is 3.87. The fraction of sp³-hybridized carbons (Fsp3) is 0.143. The first-order chi connectivity index (χ1) is 13.8. The molecule has 0 aliphatic carbocycles. The number of benzene rings is 2. The molecule has 29 heavy (non-hydrogen) atoms. The van der Waals surface area contributed by atoms with E-state index in [-0.39, 0.29) is 12.5 Å². The molecule has 3 rings (SSSR count). The van der Waals surface area contributed by atoms with Crippen LogP contribution in [0.25, 0.3) is 0 Å². The van der Waals surface area contributed by atoms with Crippen molar-refractivity contribution in [2.75, 3.05) is 10.6 Å². The zero-order valence-electron chi connectivity index (χ0n) is 16.1. The van der Waals surface area contributed by atoms with Crippen LogP contribution < -0.4 is 9.73 Å². The van der Waals surface area contributed by atoms with E-state index in [2.05, 4.69) is 10.5 Å². The highest BCUT2D eigenvalue weighted by molar-refractivity contribution is 7.92. The van der Waals surface area contributed by atoms with Crippen molar-refractivity contribution in [3.05, 3.63) is 88.1 Å². The summed E-state index contributed by atoms with van der Waals surface area (Å²) in [7, 11) is -3.48. The number of hydrogen-bond donors (Lipinski definition) is 1. The molecule has 3 aromatic rings. The van der Waals surface area contributed by atoms with Crippen LogP contribution in [0.3, 0.4) is 0 Å². The van der Waals surface area contributed by atoms with Crippen LogP contribution in [-0.4, -0.2) is 26.3 Å². The molecule has 0 aliphatic heterocycles. The van der Waals surface area contributed by atoms with Crippen LogP contribution in [-0.2, 0) is 16.6 Å². The molecule has 1 heterocycles. The number of hydrazone groups is 1. The summed E-state index contributed by atoms with van der Waals surface area (Å²) in [5, 5.41) is 6.06. The molecule has 0 unspecified atom stereocenters. The molecule has 0 radical (unpaired) electrons. The summed E-state index contributed by atoms with van der Waals surface area (Å²) in [6.45, 7) is 2.04. The molecular formula is C21H21N3O3S2. The number of carbonyl (C=O) groups is 1. The number of carbonyl (C=O) groups excluding carboxylic acids is 1. The Morgan fingerprint density at radius 1 is 1.03 bits per heavy atom. The van der Waals surface area contributed by atoms with Crippen molar-refractivity contribution in [2.45, 2.75) is 13.5 Å². The summed E-state index contributed by atoms with van der Waals surface area (Å²) < 4.78 is 25.9. The van der Waals surface area contributed by atoms with Crippen LogP contribution in [0.1, 0.15) is 27.7 Å². The number of nitrogens with one attached hydrogen (secondary N) is 1. The lowest BCUT2D eigenvalue weighted by Crippen LogP contribution is -2.29. The van der Waals surface area contributed by atoms with Gasteiger partial charge in [-0.3, -0.25) is 9.10 Å². The zero-order valence-corrected chi connectivity index (χ0v) is 17.7. The molecule has 6 nitrogen and oxygen atoms in total. The Morgan fingerprint density at radius 2 is 1.72 bits per heavy atom. The van der Waals surface area contributed by atoms with Crippen LogP contribution in [0.15, 0.2) is 77.2 Å². The Labute approximate surface area is 174 Å². The van der Waals surface area contributed by atoms with E-state index in [0.717, 1.165) is 16.2 Å². The van der Waals surface area contributed by atoms with E-state index in [0.29, 0.717) is 11.3 Å². The summed E-state index contributed by atoms with van der Waals surface area (Å²) in [5.41, 5.74) is 5.01. The van der Waals surface area contributed by atoms with Crippen LogP contribution >= 0.6 is 11.3 Å². The highest BCUT2D eigenvalue weighted by Gasteiger charge is 2.18. The van der Waals surface area contributed by atoms with E-state index >= 15 is 0 Å². The van der Waals surface area contributed by atoms with Crippen LogP contribution in [0, 0.1) is 0 Å². The Morgan fingerprint density at radius 3 is 2.31 bits per heavy atom. The third kappa shape index (κ3) is 5.52. The van der Waals surface area contributed by atoms with Gasteiger partial charge in [-0.2, -0.15) is 5.10 Å². The molecule has 0 aliphatic rings. The number of nitrogens with zero attached hydrogens (tertiary/aromatic N) is 2. The van der Waals surface area contributed by atoms with Gasteiger partial charge >= 0.3 is 0 Å². The van der Waals surface area contributed by atoms with Crippen molar-refractivity contribution in [3.63, 3.8) is 0 Å². The standard InChI is InChI=1S/C21H21N3O3S2/c1-16(20-9-6-14-28-20)22-23-21(25)18-10-12-19(13-11-18)24(29(2,26)27)15-17-7-4-3-5-8-17/h3-14H,15H2,1-2H3,(H,23,25)/b22-16+. The van der Waals surface area contributed by atoms with Gasteiger partial charge in [0.2, 0.25) is 10.0 Å². The summed E-state index contributed by atoms with van der Waals surface area (Å²) in [5.74, 6) is -0.360. The van der Waals surface area contributed by atoms with Crippen molar-refractivity contribution in [3.8, 4) is 0 Å². The van der Waals surface area contributed by atoms with Gasteiger partial charge in [0.1, 0.15) is 0 Å². The molecule has 1 N–H and O–H groups in total. The second-order valence-electron chi connectivity index (χ2n) is 6.42. The number of amides is 1. The molecule has 1 amide bonds. The van der Waals surface area contributed by atoms with Crippen molar-refractivity contribution in [1.29, 1.82) is 0 Å². The van der Waals surface area contributed by atoms with Crippen molar-refractivity contribution < 1.29 is 13.2 Å². The number of thiophene rings is 1.